The molecular formula is C16H24N2O2. The van der Waals surface area contributed by atoms with Crippen LogP contribution >= 0.6 is 0 Å². The molecule has 0 heterocycles. The standard InChI is InChI=1S/C16H24N2O2/c1-5-9-14(16(2,3)4)17-18-15(19)20-12-13-10-7-6-8-11-13/h5-8,10-11,14,17H,1,9,12H2,2-4H3,(H,18,19)/t14-/m1/s1. The Balaban J connectivity index is 2.36. The third-order valence-corrected chi connectivity index (χ3v) is 3.01. The second kappa shape index (κ2) is 7.70. The lowest BCUT2D eigenvalue weighted by Crippen LogP contribution is -2.49. The number of carbonyl (C=O) groups excluding carboxylic acids is 1. The third-order valence-electron chi connectivity index (χ3n) is 3.01. The molecule has 0 fully saturated rings. The van der Waals surface area contributed by atoms with E-state index in [9.17, 15) is 4.79 Å². The van der Waals surface area contributed by atoms with E-state index in [1.165, 1.54) is 0 Å². The summed E-state index contributed by atoms with van der Waals surface area (Å²) in [5.74, 6) is 0. The first-order valence-electron chi connectivity index (χ1n) is 6.76. The normalized spacial score (nSPS) is 12.6. The van der Waals surface area contributed by atoms with Crippen molar-refractivity contribution < 1.29 is 9.53 Å². The number of hydrogen-bond donors (Lipinski definition) is 2. The van der Waals surface area contributed by atoms with Gasteiger partial charge in [0.25, 0.3) is 0 Å². The second-order valence-corrected chi connectivity index (χ2v) is 5.77. The Kier molecular flexibility index (Phi) is 6.25. The fraction of sp³-hybridized carbons (Fsp3) is 0.438. The van der Waals surface area contributed by atoms with E-state index in [1.807, 2.05) is 36.4 Å². The fourth-order valence-electron chi connectivity index (χ4n) is 1.70. The molecule has 0 radical (unpaired) electrons. The minimum Gasteiger partial charge on any atom is -0.444 e. The molecule has 4 nitrogen and oxygen atoms in total. The smallest absolute Gasteiger partial charge is 0.421 e. The highest BCUT2D eigenvalue weighted by Crippen LogP contribution is 2.21. The van der Waals surface area contributed by atoms with Crippen molar-refractivity contribution >= 4 is 6.09 Å². The maximum Gasteiger partial charge on any atom is 0.421 e. The summed E-state index contributed by atoms with van der Waals surface area (Å²) in [5, 5.41) is 0. The molecule has 0 aliphatic carbocycles. The summed E-state index contributed by atoms with van der Waals surface area (Å²) in [6, 6.07) is 9.67. The Labute approximate surface area is 121 Å². The van der Waals surface area contributed by atoms with Crippen molar-refractivity contribution in [3.05, 3.63) is 48.6 Å². The van der Waals surface area contributed by atoms with Gasteiger partial charge in [-0.15, -0.1) is 6.58 Å². The number of ether oxygens (including phenoxy) is 1. The topological polar surface area (TPSA) is 50.4 Å². The molecule has 0 unspecified atom stereocenters. The second-order valence-electron chi connectivity index (χ2n) is 5.77. The molecule has 0 bridgehead atoms. The summed E-state index contributed by atoms with van der Waals surface area (Å²) in [7, 11) is 0. The van der Waals surface area contributed by atoms with Crippen LogP contribution in [0.2, 0.25) is 0 Å². The first kappa shape index (κ1) is 16.2. The highest BCUT2D eigenvalue weighted by atomic mass is 16.6. The van der Waals surface area contributed by atoms with Crippen LogP contribution in [0.4, 0.5) is 4.79 Å². The van der Waals surface area contributed by atoms with Gasteiger partial charge in [-0.2, -0.15) is 0 Å². The molecule has 0 saturated heterocycles. The number of carbonyl (C=O) groups is 1. The monoisotopic (exact) mass is 276 g/mol. The molecule has 1 aromatic carbocycles. The zero-order valence-corrected chi connectivity index (χ0v) is 12.5. The van der Waals surface area contributed by atoms with E-state index in [4.69, 9.17) is 4.74 Å². The summed E-state index contributed by atoms with van der Waals surface area (Å²) < 4.78 is 5.13. The molecule has 2 N–H and O–H groups in total. The highest BCUT2D eigenvalue weighted by Gasteiger charge is 2.23. The number of nitrogens with one attached hydrogen (secondary N) is 2. The van der Waals surface area contributed by atoms with Crippen LogP contribution in [-0.2, 0) is 11.3 Å². The Bertz CT molecular complexity index is 424. The van der Waals surface area contributed by atoms with E-state index in [0.29, 0.717) is 0 Å². The van der Waals surface area contributed by atoms with E-state index in [-0.39, 0.29) is 18.1 Å². The van der Waals surface area contributed by atoms with Gasteiger partial charge in [0.1, 0.15) is 6.61 Å². The molecule has 110 valence electrons. The molecule has 0 aliphatic heterocycles. The van der Waals surface area contributed by atoms with Crippen LogP contribution in [0, 0.1) is 5.41 Å². The van der Waals surface area contributed by atoms with Crippen molar-refractivity contribution in [2.45, 2.75) is 39.8 Å². The maximum atomic E-state index is 11.6. The average molecular weight is 276 g/mol. The zero-order valence-electron chi connectivity index (χ0n) is 12.5. The maximum absolute atomic E-state index is 11.6. The van der Waals surface area contributed by atoms with Crippen molar-refractivity contribution in [1.29, 1.82) is 0 Å². The van der Waals surface area contributed by atoms with Crippen molar-refractivity contribution in [2.75, 3.05) is 0 Å². The van der Waals surface area contributed by atoms with E-state index < -0.39 is 6.09 Å². The summed E-state index contributed by atoms with van der Waals surface area (Å²) >= 11 is 0. The first-order valence-corrected chi connectivity index (χ1v) is 6.76. The Morgan fingerprint density at radius 2 is 2.00 bits per heavy atom. The van der Waals surface area contributed by atoms with Gasteiger partial charge in [0.15, 0.2) is 0 Å². The van der Waals surface area contributed by atoms with Gasteiger partial charge in [-0.05, 0) is 17.4 Å². The number of benzene rings is 1. The Hall–Kier alpha value is -1.81. The van der Waals surface area contributed by atoms with Crippen LogP contribution in [0.1, 0.15) is 32.8 Å². The molecule has 1 aromatic rings. The van der Waals surface area contributed by atoms with Crippen molar-refractivity contribution in [3.8, 4) is 0 Å². The summed E-state index contributed by atoms with van der Waals surface area (Å²) in [6.07, 6.45) is 2.12. The lowest BCUT2D eigenvalue weighted by atomic mass is 9.85. The number of rotatable bonds is 6. The van der Waals surface area contributed by atoms with Gasteiger partial charge in [-0.3, -0.25) is 5.43 Å². The van der Waals surface area contributed by atoms with Crippen LogP contribution < -0.4 is 10.9 Å². The number of hydrogen-bond acceptors (Lipinski definition) is 3. The van der Waals surface area contributed by atoms with E-state index >= 15 is 0 Å². The molecule has 1 rings (SSSR count). The summed E-state index contributed by atoms with van der Waals surface area (Å²) in [4.78, 5) is 11.6. The summed E-state index contributed by atoms with van der Waals surface area (Å²) in [6.45, 7) is 10.3. The fourth-order valence-corrected chi connectivity index (χ4v) is 1.70. The van der Waals surface area contributed by atoms with Gasteiger partial charge in [0.05, 0.1) is 0 Å². The average Bonchev–Trinajstić information content (AvgIpc) is 2.41. The van der Waals surface area contributed by atoms with Crippen molar-refractivity contribution in [3.63, 3.8) is 0 Å². The quantitative estimate of drug-likeness (QED) is 0.618. The predicted octanol–water partition coefficient (Wildman–Crippen LogP) is 3.41. The number of hydrazine groups is 1. The minimum atomic E-state index is -0.479. The van der Waals surface area contributed by atoms with Gasteiger partial charge in [0, 0.05) is 6.04 Å². The Morgan fingerprint density at radius 1 is 1.35 bits per heavy atom. The largest absolute Gasteiger partial charge is 0.444 e. The van der Waals surface area contributed by atoms with Gasteiger partial charge >= 0.3 is 6.09 Å². The van der Waals surface area contributed by atoms with Crippen LogP contribution in [0.5, 0.6) is 0 Å². The lowest BCUT2D eigenvalue weighted by molar-refractivity contribution is 0.127. The van der Waals surface area contributed by atoms with Crippen LogP contribution in [-0.4, -0.2) is 12.1 Å². The SMILES string of the molecule is C=CC[C@@H](NNC(=O)OCc1ccccc1)C(C)(C)C. The predicted molar refractivity (Wildman–Crippen MR) is 81.0 cm³/mol. The summed E-state index contributed by atoms with van der Waals surface area (Å²) in [5.41, 5.74) is 6.56. The highest BCUT2D eigenvalue weighted by molar-refractivity contribution is 5.66. The molecular weight excluding hydrogens is 252 g/mol. The van der Waals surface area contributed by atoms with Crippen LogP contribution in [0.25, 0.3) is 0 Å². The van der Waals surface area contributed by atoms with Gasteiger partial charge in [-0.1, -0.05) is 57.2 Å². The van der Waals surface area contributed by atoms with E-state index in [2.05, 4.69) is 38.2 Å². The van der Waals surface area contributed by atoms with Gasteiger partial charge in [0.2, 0.25) is 0 Å². The van der Waals surface area contributed by atoms with Crippen molar-refractivity contribution in [1.82, 2.24) is 10.9 Å². The minimum absolute atomic E-state index is 0.0148. The van der Waals surface area contributed by atoms with Gasteiger partial charge in [-0.25, -0.2) is 10.2 Å². The molecule has 0 saturated carbocycles. The molecule has 0 aromatic heterocycles. The lowest BCUT2D eigenvalue weighted by Gasteiger charge is -2.30. The molecule has 0 spiro atoms. The molecule has 0 aliphatic rings. The van der Waals surface area contributed by atoms with Crippen LogP contribution in [0.3, 0.4) is 0 Å². The molecule has 4 heteroatoms. The van der Waals surface area contributed by atoms with E-state index in [0.717, 1.165) is 12.0 Å². The van der Waals surface area contributed by atoms with Crippen LogP contribution in [0.15, 0.2) is 43.0 Å². The third kappa shape index (κ3) is 5.89. The van der Waals surface area contributed by atoms with Crippen molar-refractivity contribution in [2.24, 2.45) is 5.41 Å². The molecule has 20 heavy (non-hydrogen) atoms. The number of amides is 1. The van der Waals surface area contributed by atoms with Gasteiger partial charge < -0.3 is 4.74 Å². The van der Waals surface area contributed by atoms with E-state index in [1.54, 1.807) is 0 Å². The molecule has 1 atom stereocenters. The zero-order chi connectivity index (χ0) is 15.0. The Morgan fingerprint density at radius 3 is 2.55 bits per heavy atom. The first-order chi connectivity index (χ1) is 9.43. The molecule has 1 amide bonds.